The highest BCUT2D eigenvalue weighted by atomic mass is 32.2. The van der Waals surface area contributed by atoms with Gasteiger partial charge in [-0.25, -0.2) is 0 Å². The van der Waals surface area contributed by atoms with Crippen LogP contribution in [0.1, 0.15) is 25.5 Å². The first kappa shape index (κ1) is 22.7. The molecule has 1 aliphatic heterocycles. The summed E-state index contributed by atoms with van der Waals surface area (Å²) in [7, 11) is 3.24. The van der Waals surface area contributed by atoms with E-state index in [-0.39, 0.29) is 18.2 Å². The summed E-state index contributed by atoms with van der Waals surface area (Å²) in [6.45, 7) is 5.54. The van der Waals surface area contributed by atoms with Crippen LogP contribution in [0.15, 0.2) is 45.7 Å². The fourth-order valence-electron chi connectivity index (χ4n) is 4.47. The standard InChI is InChI=1S/C25H29NO5S/c1-15-12-26(13-16(2)30-15)20(14-27)17-6-8-21-19(10-17)25(32-5)24(31-21)18-7-9-22(28-3)23(11-18)29-4/h6-11,14-16,20H,12-13H2,1-5H3/t15-,16+,20?. The molecule has 2 heterocycles. The Morgan fingerprint density at radius 3 is 2.41 bits per heavy atom. The van der Waals surface area contributed by atoms with E-state index in [4.69, 9.17) is 18.6 Å². The van der Waals surface area contributed by atoms with Gasteiger partial charge in [0, 0.05) is 24.0 Å². The third kappa shape index (κ3) is 4.25. The van der Waals surface area contributed by atoms with Gasteiger partial charge in [-0.1, -0.05) is 6.07 Å². The van der Waals surface area contributed by atoms with Crippen LogP contribution < -0.4 is 9.47 Å². The molecule has 2 aromatic carbocycles. The molecule has 1 unspecified atom stereocenters. The Kier molecular flexibility index (Phi) is 6.79. The number of furan rings is 1. The van der Waals surface area contributed by atoms with Crippen LogP contribution in [0.3, 0.4) is 0 Å². The van der Waals surface area contributed by atoms with Crippen molar-refractivity contribution in [3.8, 4) is 22.8 Å². The molecule has 32 heavy (non-hydrogen) atoms. The zero-order chi connectivity index (χ0) is 22.8. The summed E-state index contributed by atoms with van der Waals surface area (Å²) < 4.78 is 22.9. The van der Waals surface area contributed by atoms with Gasteiger partial charge in [0.1, 0.15) is 17.6 Å². The Morgan fingerprint density at radius 2 is 1.78 bits per heavy atom. The number of carbonyl (C=O) groups excluding carboxylic acids is 1. The van der Waals surface area contributed by atoms with Crippen molar-refractivity contribution in [1.29, 1.82) is 0 Å². The normalized spacial score (nSPS) is 20.3. The zero-order valence-electron chi connectivity index (χ0n) is 19.1. The van der Waals surface area contributed by atoms with Gasteiger partial charge in [0.25, 0.3) is 0 Å². The van der Waals surface area contributed by atoms with E-state index in [1.165, 1.54) is 0 Å². The van der Waals surface area contributed by atoms with Crippen LogP contribution in [-0.4, -0.2) is 57.0 Å². The summed E-state index contributed by atoms with van der Waals surface area (Å²) in [4.78, 5) is 15.4. The zero-order valence-corrected chi connectivity index (χ0v) is 19.9. The molecule has 0 saturated carbocycles. The lowest BCUT2D eigenvalue weighted by atomic mass is 10.0. The molecule has 0 aliphatic carbocycles. The highest BCUT2D eigenvalue weighted by molar-refractivity contribution is 7.99. The largest absolute Gasteiger partial charge is 0.493 e. The molecule has 6 nitrogen and oxygen atoms in total. The quantitative estimate of drug-likeness (QED) is 0.359. The number of thioether (sulfide) groups is 1. The maximum atomic E-state index is 12.1. The third-order valence-corrected chi connectivity index (χ3v) is 6.64. The van der Waals surface area contributed by atoms with Gasteiger partial charge in [-0.15, -0.1) is 11.8 Å². The molecule has 0 N–H and O–H groups in total. The Bertz CT molecular complexity index is 1100. The third-order valence-electron chi connectivity index (χ3n) is 5.83. The predicted molar refractivity (Wildman–Crippen MR) is 127 cm³/mol. The second kappa shape index (κ2) is 9.57. The van der Waals surface area contributed by atoms with E-state index in [0.29, 0.717) is 11.5 Å². The van der Waals surface area contributed by atoms with Gasteiger partial charge < -0.3 is 23.4 Å². The minimum absolute atomic E-state index is 0.0947. The number of hydrogen-bond acceptors (Lipinski definition) is 7. The summed E-state index contributed by atoms with van der Waals surface area (Å²) in [6, 6.07) is 11.5. The highest BCUT2D eigenvalue weighted by Crippen LogP contribution is 2.42. The summed E-state index contributed by atoms with van der Waals surface area (Å²) >= 11 is 1.63. The van der Waals surface area contributed by atoms with E-state index >= 15 is 0 Å². The summed E-state index contributed by atoms with van der Waals surface area (Å²) in [6.07, 6.45) is 3.25. The van der Waals surface area contributed by atoms with Gasteiger partial charge in [-0.05, 0) is 56.0 Å². The number of nitrogens with zero attached hydrogens (tertiary/aromatic N) is 1. The van der Waals surface area contributed by atoms with Crippen molar-refractivity contribution in [1.82, 2.24) is 4.90 Å². The fraction of sp³-hybridized carbons (Fsp3) is 0.400. The molecule has 3 atom stereocenters. The second-order valence-corrected chi connectivity index (χ2v) is 8.90. The number of aldehydes is 1. The number of morpholine rings is 1. The molecule has 170 valence electrons. The van der Waals surface area contributed by atoms with Gasteiger partial charge in [0.2, 0.25) is 0 Å². The van der Waals surface area contributed by atoms with Crippen molar-refractivity contribution < 1.29 is 23.4 Å². The lowest BCUT2D eigenvalue weighted by Crippen LogP contribution is -2.47. The maximum Gasteiger partial charge on any atom is 0.161 e. The number of carbonyl (C=O) groups is 1. The van der Waals surface area contributed by atoms with Crippen LogP contribution in [0, 0.1) is 0 Å². The van der Waals surface area contributed by atoms with Crippen molar-refractivity contribution >= 4 is 29.0 Å². The minimum Gasteiger partial charge on any atom is -0.493 e. The average Bonchev–Trinajstić information content (AvgIpc) is 3.16. The number of fused-ring (bicyclic) bond motifs is 1. The van der Waals surface area contributed by atoms with E-state index in [1.54, 1.807) is 26.0 Å². The predicted octanol–water partition coefficient (Wildman–Crippen LogP) is 5.19. The van der Waals surface area contributed by atoms with Crippen LogP contribution in [0.2, 0.25) is 0 Å². The van der Waals surface area contributed by atoms with E-state index < -0.39 is 0 Å². The van der Waals surface area contributed by atoms with E-state index in [1.807, 2.05) is 50.4 Å². The molecule has 4 rings (SSSR count). The lowest BCUT2D eigenvalue weighted by Gasteiger charge is -2.38. The van der Waals surface area contributed by atoms with Gasteiger partial charge in [0.05, 0.1) is 37.4 Å². The van der Waals surface area contributed by atoms with Crippen molar-refractivity contribution in [3.63, 3.8) is 0 Å². The van der Waals surface area contributed by atoms with E-state index in [9.17, 15) is 4.79 Å². The number of methoxy groups -OCH3 is 2. The molecule has 7 heteroatoms. The Balaban J connectivity index is 1.76. The molecule has 3 aromatic rings. The molecule has 0 bridgehead atoms. The van der Waals surface area contributed by atoms with Crippen molar-refractivity contribution in [2.45, 2.75) is 37.0 Å². The molecule has 1 aliphatic rings. The highest BCUT2D eigenvalue weighted by Gasteiger charge is 2.29. The van der Waals surface area contributed by atoms with Crippen molar-refractivity contribution in [2.75, 3.05) is 33.6 Å². The number of hydrogen-bond donors (Lipinski definition) is 0. The monoisotopic (exact) mass is 455 g/mol. The number of rotatable bonds is 7. The summed E-state index contributed by atoms with van der Waals surface area (Å²) in [5, 5.41) is 1.00. The van der Waals surface area contributed by atoms with Crippen LogP contribution >= 0.6 is 11.8 Å². The summed E-state index contributed by atoms with van der Waals surface area (Å²) in [5.74, 6) is 2.10. The van der Waals surface area contributed by atoms with Gasteiger partial charge >= 0.3 is 0 Å². The first-order valence-corrected chi connectivity index (χ1v) is 11.9. The molecule has 0 amide bonds. The first-order chi connectivity index (χ1) is 15.5. The van der Waals surface area contributed by atoms with Gasteiger partial charge in [-0.2, -0.15) is 0 Å². The molecular formula is C25H29NO5S. The SMILES string of the molecule is COc1ccc(-c2oc3ccc(C(C=O)N4C[C@@H](C)O[C@@H](C)C4)cc3c2SC)cc1OC. The molecular weight excluding hydrogens is 426 g/mol. The van der Waals surface area contributed by atoms with Gasteiger partial charge in [-0.3, -0.25) is 4.90 Å². The van der Waals surface area contributed by atoms with Crippen molar-refractivity contribution in [3.05, 3.63) is 42.0 Å². The Hall–Kier alpha value is -2.48. The number of ether oxygens (including phenoxy) is 3. The van der Waals surface area contributed by atoms with Gasteiger partial charge in [0.15, 0.2) is 11.5 Å². The van der Waals surface area contributed by atoms with Crippen LogP contribution in [0.25, 0.3) is 22.3 Å². The first-order valence-electron chi connectivity index (χ1n) is 10.7. The topological polar surface area (TPSA) is 61.1 Å². The Labute approximate surface area is 192 Å². The fourth-order valence-corrected chi connectivity index (χ4v) is 5.19. The van der Waals surface area contributed by atoms with Crippen LogP contribution in [0.5, 0.6) is 11.5 Å². The molecule has 1 fully saturated rings. The van der Waals surface area contributed by atoms with Crippen molar-refractivity contribution in [2.24, 2.45) is 0 Å². The smallest absolute Gasteiger partial charge is 0.161 e. The van der Waals surface area contributed by atoms with Crippen LogP contribution in [-0.2, 0) is 9.53 Å². The molecule has 1 aromatic heterocycles. The second-order valence-electron chi connectivity index (χ2n) is 8.08. The molecule has 0 radical (unpaired) electrons. The summed E-state index contributed by atoms with van der Waals surface area (Å²) in [5.41, 5.74) is 2.66. The van der Waals surface area contributed by atoms with E-state index in [0.717, 1.165) is 52.1 Å². The average molecular weight is 456 g/mol. The lowest BCUT2D eigenvalue weighted by molar-refractivity contribution is -0.119. The molecule has 1 saturated heterocycles. The Morgan fingerprint density at radius 1 is 1.06 bits per heavy atom. The molecule has 0 spiro atoms. The van der Waals surface area contributed by atoms with Crippen LogP contribution in [0.4, 0.5) is 0 Å². The maximum absolute atomic E-state index is 12.1. The minimum atomic E-state index is -0.317. The number of benzene rings is 2. The van der Waals surface area contributed by atoms with E-state index in [2.05, 4.69) is 11.0 Å².